The molecule has 0 bridgehead atoms. The van der Waals surface area contributed by atoms with Gasteiger partial charge >= 0.3 is 0 Å². The molecule has 1 atom stereocenters. The average molecular weight is 193 g/mol. The highest BCUT2D eigenvalue weighted by Crippen LogP contribution is 2.30. The molecule has 0 aromatic carbocycles. The van der Waals surface area contributed by atoms with E-state index in [9.17, 15) is 4.79 Å². The Kier molecular flexibility index (Phi) is 4.00. The van der Waals surface area contributed by atoms with Crippen LogP contribution in [0.5, 0.6) is 0 Å². The van der Waals surface area contributed by atoms with E-state index in [1.165, 1.54) is 0 Å². The zero-order valence-corrected chi connectivity index (χ0v) is 8.41. The molecule has 0 aromatic rings. The number of hydrogen-bond acceptors (Lipinski definition) is 2. The van der Waals surface area contributed by atoms with Gasteiger partial charge in [-0.25, -0.2) is 0 Å². The van der Waals surface area contributed by atoms with Crippen molar-refractivity contribution in [3.8, 4) is 0 Å². The van der Waals surface area contributed by atoms with Gasteiger partial charge in [0, 0.05) is 12.5 Å². The summed E-state index contributed by atoms with van der Waals surface area (Å²) >= 11 is 0. The van der Waals surface area contributed by atoms with Crippen LogP contribution >= 0.6 is 12.4 Å². The third kappa shape index (κ3) is 2.35. The quantitative estimate of drug-likeness (QED) is 0.637. The van der Waals surface area contributed by atoms with Gasteiger partial charge in [-0.1, -0.05) is 13.8 Å². The van der Waals surface area contributed by atoms with Gasteiger partial charge in [0.05, 0.1) is 0 Å². The average Bonchev–Trinajstić information content (AvgIpc) is 1.85. The Hall–Kier alpha value is -0.280. The third-order valence-electron chi connectivity index (χ3n) is 2.48. The number of halogens is 1. The smallest absolute Gasteiger partial charge is 0.221 e. The van der Waals surface area contributed by atoms with Crippen molar-refractivity contribution in [3.05, 3.63) is 0 Å². The molecule has 0 aliphatic carbocycles. The van der Waals surface area contributed by atoms with Crippen molar-refractivity contribution in [2.75, 3.05) is 13.1 Å². The Balaban J connectivity index is 0.00000121. The van der Waals surface area contributed by atoms with Gasteiger partial charge in [-0.05, 0) is 18.4 Å². The van der Waals surface area contributed by atoms with E-state index in [1.807, 2.05) is 0 Å². The zero-order valence-electron chi connectivity index (χ0n) is 7.59. The monoisotopic (exact) mass is 192 g/mol. The Morgan fingerprint density at radius 3 is 2.50 bits per heavy atom. The molecule has 3 N–H and O–H groups in total. The van der Waals surface area contributed by atoms with Gasteiger partial charge in [0.25, 0.3) is 0 Å². The molecule has 1 heterocycles. The van der Waals surface area contributed by atoms with Crippen LogP contribution in [0, 0.1) is 11.3 Å². The van der Waals surface area contributed by atoms with Crippen LogP contribution in [0.1, 0.15) is 20.3 Å². The molecule has 0 saturated carbocycles. The van der Waals surface area contributed by atoms with E-state index >= 15 is 0 Å². The molecule has 1 amide bonds. The summed E-state index contributed by atoms with van der Waals surface area (Å²) < 4.78 is 0. The maximum atomic E-state index is 11.0. The van der Waals surface area contributed by atoms with Crippen molar-refractivity contribution >= 4 is 18.3 Å². The molecule has 1 fully saturated rings. The van der Waals surface area contributed by atoms with Crippen molar-refractivity contribution in [1.29, 1.82) is 0 Å². The topological polar surface area (TPSA) is 55.1 Å². The second-order valence-corrected chi connectivity index (χ2v) is 3.91. The number of carbonyl (C=O) groups excluding carboxylic acids is 1. The third-order valence-corrected chi connectivity index (χ3v) is 2.48. The van der Waals surface area contributed by atoms with Gasteiger partial charge in [0.15, 0.2) is 0 Å². The molecule has 0 aromatic heterocycles. The number of nitrogens with two attached hydrogens (primary N) is 1. The lowest BCUT2D eigenvalue weighted by Crippen LogP contribution is -2.48. The molecule has 0 spiro atoms. The van der Waals surface area contributed by atoms with Gasteiger partial charge < -0.3 is 11.1 Å². The van der Waals surface area contributed by atoms with Gasteiger partial charge in [-0.15, -0.1) is 12.4 Å². The van der Waals surface area contributed by atoms with E-state index in [2.05, 4.69) is 19.2 Å². The first-order chi connectivity index (χ1) is 5.04. The number of hydrogen-bond donors (Lipinski definition) is 2. The van der Waals surface area contributed by atoms with E-state index in [0.717, 1.165) is 19.5 Å². The Morgan fingerprint density at radius 2 is 2.17 bits per heavy atom. The largest absolute Gasteiger partial charge is 0.369 e. The van der Waals surface area contributed by atoms with Gasteiger partial charge in [0.1, 0.15) is 0 Å². The lowest BCUT2D eigenvalue weighted by Gasteiger charge is -2.36. The minimum absolute atomic E-state index is 0. The van der Waals surface area contributed by atoms with E-state index in [1.54, 1.807) is 0 Å². The molecule has 12 heavy (non-hydrogen) atoms. The van der Waals surface area contributed by atoms with E-state index < -0.39 is 0 Å². The molecule has 1 aliphatic heterocycles. The highest BCUT2D eigenvalue weighted by molar-refractivity contribution is 5.85. The van der Waals surface area contributed by atoms with Crippen LogP contribution in [0.2, 0.25) is 0 Å². The molecule has 1 aliphatic rings. The normalized spacial score (nSPS) is 27.3. The molecule has 1 saturated heterocycles. The van der Waals surface area contributed by atoms with Gasteiger partial charge in [0.2, 0.25) is 5.91 Å². The van der Waals surface area contributed by atoms with Crippen molar-refractivity contribution in [3.63, 3.8) is 0 Å². The minimum Gasteiger partial charge on any atom is -0.369 e. The predicted octanol–water partition coefficient (Wildman–Crippen LogP) is 0.529. The van der Waals surface area contributed by atoms with E-state index in [-0.39, 0.29) is 29.6 Å². The second kappa shape index (κ2) is 4.10. The summed E-state index contributed by atoms with van der Waals surface area (Å²) in [6.07, 6.45) is 0.877. The van der Waals surface area contributed by atoms with Crippen molar-refractivity contribution in [2.45, 2.75) is 20.3 Å². The molecular formula is C8H17ClN2O. The Bertz CT molecular complexity index is 170. The van der Waals surface area contributed by atoms with Crippen LogP contribution in [0.15, 0.2) is 0 Å². The summed E-state index contributed by atoms with van der Waals surface area (Å²) in [6, 6.07) is 0. The van der Waals surface area contributed by atoms with Crippen LogP contribution in [0.3, 0.4) is 0 Å². The summed E-state index contributed by atoms with van der Waals surface area (Å²) in [6.45, 7) is 5.96. The molecule has 4 heteroatoms. The fourth-order valence-corrected chi connectivity index (χ4v) is 1.70. The Morgan fingerprint density at radius 1 is 1.58 bits per heavy atom. The number of piperidine rings is 1. The van der Waals surface area contributed by atoms with Crippen LogP contribution in [-0.4, -0.2) is 19.0 Å². The number of carbonyl (C=O) groups is 1. The fourth-order valence-electron chi connectivity index (χ4n) is 1.70. The lowest BCUT2D eigenvalue weighted by molar-refractivity contribution is -0.126. The standard InChI is InChI=1S/C8H16N2O.ClH/c1-8(2)5-10-4-3-6(8)7(9)11;/h6,10H,3-5H2,1-2H3,(H2,9,11);1H. The number of amides is 1. The molecule has 0 radical (unpaired) electrons. The van der Waals surface area contributed by atoms with E-state index in [4.69, 9.17) is 5.73 Å². The fraction of sp³-hybridized carbons (Fsp3) is 0.875. The second-order valence-electron chi connectivity index (χ2n) is 3.91. The zero-order chi connectivity index (χ0) is 8.48. The predicted molar refractivity (Wildman–Crippen MR) is 51.2 cm³/mol. The van der Waals surface area contributed by atoms with Crippen molar-refractivity contribution in [2.24, 2.45) is 17.1 Å². The SMILES string of the molecule is CC1(C)CNCCC1C(N)=O.Cl. The summed E-state index contributed by atoms with van der Waals surface area (Å²) in [5.74, 6) is -0.111. The van der Waals surface area contributed by atoms with Crippen LogP contribution in [0.25, 0.3) is 0 Å². The maximum absolute atomic E-state index is 11.0. The molecule has 72 valence electrons. The van der Waals surface area contributed by atoms with Gasteiger partial charge in [-0.2, -0.15) is 0 Å². The number of primary amides is 1. The highest BCUT2D eigenvalue weighted by Gasteiger charge is 2.35. The van der Waals surface area contributed by atoms with Crippen molar-refractivity contribution < 1.29 is 4.79 Å². The van der Waals surface area contributed by atoms with Crippen LogP contribution in [-0.2, 0) is 4.79 Å². The summed E-state index contributed by atoms with van der Waals surface area (Å²) in [4.78, 5) is 11.0. The maximum Gasteiger partial charge on any atom is 0.221 e. The minimum atomic E-state index is -0.156. The highest BCUT2D eigenvalue weighted by atomic mass is 35.5. The molecule has 3 nitrogen and oxygen atoms in total. The number of nitrogens with one attached hydrogen (secondary N) is 1. The first-order valence-corrected chi connectivity index (χ1v) is 4.04. The molecular weight excluding hydrogens is 176 g/mol. The van der Waals surface area contributed by atoms with Crippen LogP contribution in [0.4, 0.5) is 0 Å². The van der Waals surface area contributed by atoms with Crippen molar-refractivity contribution in [1.82, 2.24) is 5.32 Å². The summed E-state index contributed by atoms with van der Waals surface area (Å²) in [5.41, 5.74) is 5.31. The molecule has 1 unspecified atom stereocenters. The van der Waals surface area contributed by atoms with Gasteiger partial charge in [-0.3, -0.25) is 4.79 Å². The van der Waals surface area contributed by atoms with Crippen LogP contribution < -0.4 is 11.1 Å². The summed E-state index contributed by atoms with van der Waals surface area (Å²) in [7, 11) is 0. The lowest BCUT2D eigenvalue weighted by atomic mass is 9.74. The number of rotatable bonds is 1. The first-order valence-electron chi connectivity index (χ1n) is 4.04. The Labute approximate surface area is 79.5 Å². The van der Waals surface area contributed by atoms with E-state index in [0.29, 0.717) is 0 Å². The first kappa shape index (κ1) is 11.7. The summed E-state index contributed by atoms with van der Waals surface area (Å²) in [5, 5.41) is 3.25. The molecule has 1 rings (SSSR count).